The predicted octanol–water partition coefficient (Wildman–Crippen LogP) is 2.14. The summed E-state index contributed by atoms with van der Waals surface area (Å²) < 4.78 is 11.3. The zero-order valence-electron chi connectivity index (χ0n) is 15.6. The van der Waals surface area contributed by atoms with E-state index in [1.165, 1.54) is 12.7 Å². The Kier molecular flexibility index (Phi) is 2.87. The molecule has 2 N–H and O–H groups in total. The van der Waals surface area contributed by atoms with Crippen molar-refractivity contribution < 1.29 is 19.4 Å². The van der Waals surface area contributed by atoms with Gasteiger partial charge in [-0.15, -0.1) is 0 Å². The molecule has 3 saturated heterocycles. The maximum absolute atomic E-state index is 12.8. The van der Waals surface area contributed by atoms with Crippen molar-refractivity contribution in [2.45, 2.75) is 49.9 Å². The summed E-state index contributed by atoms with van der Waals surface area (Å²) in [6.45, 7) is 4.21. The fourth-order valence-corrected chi connectivity index (χ4v) is 6.85. The van der Waals surface area contributed by atoms with E-state index in [1.54, 1.807) is 12.1 Å². The van der Waals surface area contributed by atoms with Crippen LogP contribution in [0.1, 0.15) is 31.7 Å². The number of fused-ring (bicyclic) bond motifs is 3. The Bertz CT molecular complexity index is 911. The molecule has 142 valence electrons. The van der Waals surface area contributed by atoms with Crippen molar-refractivity contribution in [2.24, 2.45) is 5.41 Å². The number of phenolic OH excluding ortho intramolecular Hbond substituents is 1. The van der Waals surface area contributed by atoms with Gasteiger partial charge in [0.25, 0.3) is 0 Å². The monoisotopic (exact) mass is 368 g/mol. The van der Waals surface area contributed by atoms with Crippen LogP contribution in [0.5, 0.6) is 5.75 Å². The number of piperidine rings is 1. The molecule has 5 aliphatic rings. The largest absolute Gasteiger partial charge is 0.508 e. The molecule has 0 bridgehead atoms. The van der Waals surface area contributed by atoms with Gasteiger partial charge in [-0.1, -0.05) is 13.0 Å². The quantitative estimate of drug-likeness (QED) is 0.615. The Morgan fingerprint density at radius 1 is 1.48 bits per heavy atom. The van der Waals surface area contributed by atoms with Gasteiger partial charge in [0.05, 0.1) is 30.3 Å². The number of hydrogen-bond acceptors (Lipinski definition) is 6. The molecule has 27 heavy (non-hydrogen) atoms. The number of esters is 1. The second-order valence-electron chi connectivity index (χ2n) is 8.68. The Morgan fingerprint density at radius 2 is 2.33 bits per heavy atom. The zero-order valence-corrected chi connectivity index (χ0v) is 15.6. The van der Waals surface area contributed by atoms with Crippen molar-refractivity contribution in [1.29, 1.82) is 0 Å². The highest BCUT2D eigenvalue weighted by molar-refractivity contribution is 5.93. The lowest BCUT2D eigenvalue weighted by atomic mass is 9.53. The number of benzene rings is 1. The molecular weight excluding hydrogens is 344 g/mol. The first-order valence-corrected chi connectivity index (χ1v) is 9.87. The molecule has 4 heterocycles. The minimum Gasteiger partial charge on any atom is -0.508 e. The van der Waals surface area contributed by atoms with Crippen molar-refractivity contribution in [3.8, 4) is 5.75 Å². The van der Waals surface area contributed by atoms with Gasteiger partial charge in [-0.3, -0.25) is 4.90 Å². The van der Waals surface area contributed by atoms with Crippen molar-refractivity contribution in [1.82, 2.24) is 4.90 Å². The van der Waals surface area contributed by atoms with Gasteiger partial charge in [-0.25, -0.2) is 4.79 Å². The summed E-state index contributed by atoms with van der Waals surface area (Å²) in [6, 6.07) is 5.88. The molecule has 1 aromatic carbocycles. The molecule has 6 heteroatoms. The third kappa shape index (κ3) is 1.68. The first kappa shape index (κ1) is 16.0. The van der Waals surface area contributed by atoms with Gasteiger partial charge in [0.1, 0.15) is 5.75 Å². The molecule has 0 saturated carbocycles. The van der Waals surface area contributed by atoms with E-state index >= 15 is 0 Å². The Hall–Kier alpha value is -2.05. The maximum atomic E-state index is 12.8. The molecular formula is C21H24N2O4. The average Bonchev–Trinajstić information content (AvgIpc) is 3.26. The molecule has 0 radical (unpaired) electrons. The number of ether oxygens (including phenoxy) is 2. The molecule has 5 atom stereocenters. The number of methoxy groups -OCH3 is 1. The van der Waals surface area contributed by atoms with Crippen LogP contribution in [0.2, 0.25) is 0 Å². The lowest BCUT2D eigenvalue weighted by molar-refractivity contribution is -0.137. The number of anilines is 1. The Labute approximate surface area is 158 Å². The van der Waals surface area contributed by atoms with Crippen LogP contribution in [0.3, 0.4) is 0 Å². The third-order valence-corrected chi connectivity index (χ3v) is 7.82. The number of hydrogen-bond donors (Lipinski definition) is 2. The van der Waals surface area contributed by atoms with E-state index in [0.717, 1.165) is 42.9 Å². The number of phenols is 1. The van der Waals surface area contributed by atoms with Gasteiger partial charge in [-0.2, -0.15) is 0 Å². The summed E-state index contributed by atoms with van der Waals surface area (Å²) in [4.78, 5) is 15.4. The molecule has 0 amide bonds. The Balaban J connectivity index is 1.66. The molecule has 6 nitrogen and oxygen atoms in total. The lowest BCUT2D eigenvalue weighted by Crippen LogP contribution is -2.63. The highest BCUT2D eigenvalue weighted by Gasteiger charge is 2.73. The summed E-state index contributed by atoms with van der Waals surface area (Å²) in [7, 11) is 1.46. The van der Waals surface area contributed by atoms with Gasteiger partial charge in [-0.05, 0) is 37.4 Å². The SMILES string of the molecule is CCC12CC(C(=O)OC)=C3Nc4cc(O)ccc4[C@@]34CCN(CC3OC31)C24. The van der Waals surface area contributed by atoms with E-state index < -0.39 is 0 Å². The summed E-state index contributed by atoms with van der Waals surface area (Å²) in [5.74, 6) is -0.0104. The van der Waals surface area contributed by atoms with Crippen LogP contribution < -0.4 is 5.32 Å². The van der Waals surface area contributed by atoms with Gasteiger partial charge in [0, 0.05) is 35.5 Å². The molecule has 6 rings (SSSR count). The maximum Gasteiger partial charge on any atom is 0.335 e. The third-order valence-electron chi connectivity index (χ3n) is 7.82. The molecule has 3 fully saturated rings. The summed E-state index contributed by atoms with van der Waals surface area (Å²) >= 11 is 0. The predicted molar refractivity (Wildman–Crippen MR) is 98.4 cm³/mol. The summed E-state index contributed by atoms with van der Waals surface area (Å²) in [6.07, 6.45) is 3.15. The van der Waals surface area contributed by atoms with Crippen LogP contribution in [0.15, 0.2) is 29.5 Å². The second kappa shape index (κ2) is 4.86. The molecule has 0 aromatic heterocycles. The molecule has 4 aliphatic heterocycles. The van der Waals surface area contributed by atoms with Gasteiger partial charge in [0.15, 0.2) is 0 Å². The van der Waals surface area contributed by atoms with Crippen molar-refractivity contribution in [3.05, 3.63) is 35.0 Å². The standard InChI is InChI=1S/C21H24N2O4/c1-3-20-9-12(18(25)26-2)16-21(13-5-4-11(24)8-14(13)22-16)6-7-23(19(20)21)10-15-17(20)27-15/h4-5,8,15,17,19,22,24H,3,6-7,9-10H2,1-2H3/t15?,17?,19?,20?,21-/m0/s1. The van der Waals surface area contributed by atoms with Crippen molar-refractivity contribution >= 4 is 11.7 Å². The van der Waals surface area contributed by atoms with Gasteiger partial charge < -0.3 is 19.9 Å². The van der Waals surface area contributed by atoms with Crippen molar-refractivity contribution in [3.63, 3.8) is 0 Å². The number of nitrogens with zero attached hydrogens (tertiary/aromatic N) is 1. The molecule has 4 unspecified atom stereocenters. The number of aromatic hydroxyl groups is 1. The van der Waals surface area contributed by atoms with E-state index in [2.05, 4.69) is 17.1 Å². The van der Waals surface area contributed by atoms with E-state index in [4.69, 9.17) is 9.47 Å². The highest BCUT2D eigenvalue weighted by Crippen LogP contribution is 2.68. The van der Waals surface area contributed by atoms with Gasteiger partial charge in [0.2, 0.25) is 0 Å². The van der Waals surface area contributed by atoms with E-state index in [1.807, 2.05) is 6.07 Å². The Morgan fingerprint density at radius 3 is 3.11 bits per heavy atom. The van der Waals surface area contributed by atoms with Crippen LogP contribution in [0.4, 0.5) is 5.69 Å². The lowest BCUT2D eigenvalue weighted by Gasteiger charge is -2.54. The molecule has 1 spiro atoms. The number of nitrogens with one attached hydrogen (secondary N) is 1. The van der Waals surface area contributed by atoms with Crippen LogP contribution in [-0.4, -0.2) is 54.4 Å². The number of epoxide rings is 1. The van der Waals surface area contributed by atoms with E-state index in [9.17, 15) is 9.90 Å². The zero-order chi connectivity index (χ0) is 18.6. The summed E-state index contributed by atoms with van der Waals surface area (Å²) in [5, 5.41) is 13.5. The number of carbonyl (C=O) groups is 1. The van der Waals surface area contributed by atoms with Gasteiger partial charge >= 0.3 is 5.97 Å². The smallest absolute Gasteiger partial charge is 0.335 e. The summed E-state index contributed by atoms with van der Waals surface area (Å²) in [5.41, 5.74) is 3.53. The second-order valence-corrected chi connectivity index (χ2v) is 8.68. The fraction of sp³-hybridized carbons (Fsp3) is 0.571. The highest BCUT2D eigenvalue weighted by atomic mass is 16.6. The fourth-order valence-electron chi connectivity index (χ4n) is 6.85. The van der Waals surface area contributed by atoms with Crippen LogP contribution >= 0.6 is 0 Å². The van der Waals surface area contributed by atoms with E-state index in [-0.39, 0.29) is 28.7 Å². The van der Waals surface area contributed by atoms with E-state index in [0.29, 0.717) is 18.6 Å². The minimum absolute atomic E-state index is 0.0758. The number of rotatable bonds is 2. The van der Waals surface area contributed by atoms with Crippen LogP contribution in [0, 0.1) is 5.41 Å². The van der Waals surface area contributed by atoms with Crippen molar-refractivity contribution in [2.75, 3.05) is 25.5 Å². The van der Waals surface area contributed by atoms with Crippen LogP contribution in [0.25, 0.3) is 0 Å². The topological polar surface area (TPSA) is 74.3 Å². The first-order chi connectivity index (χ1) is 13.0. The normalized spacial score (nSPS) is 40.6. The molecule has 1 aromatic rings. The number of carbonyl (C=O) groups excluding carboxylic acids is 1. The first-order valence-electron chi connectivity index (χ1n) is 9.87. The molecule has 1 aliphatic carbocycles. The van der Waals surface area contributed by atoms with Crippen LogP contribution in [-0.2, 0) is 19.7 Å². The average molecular weight is 368 g/mol. The minimum atomic E-state index is -0.252.